The summed E-state index contributed by atoms with van der Waals surface area (Å²) in [4.78, 5) is 38.1. The summed E-state index contributed by atoms with van der Waals surface area (Å²) in [6.07, 6.45) is 0.706. The average molecular weight is 422 g/mol. The number of benzene rings is 1. The van der Waals surface area contributed by atoms with Crippen molar-refractivity contribution in [3.8, 4) is 0 Å². The summed E-state index contributed by atoms with van der Waals surface area (Å²) in [6.45, 7) is 3.60. The van der Waals surface area contributed by atoms with E-state index >= 15 is 0 Å². The number of ether oxygens (including phenoxy) is 2. The highest BCUT2D eigenvalue weighted by atomic mass is 32.1. The van der Waals surface area contributed by atoms with E-state index in [1.54, 1.807) is 4.90 Å². The minimum atomic E-state index is -0.815. The highest BCUT2D eigenvalue weighted by Crippen LogP contribution is 2.11. The summed E-state index contributed by atoms with van der Waals surface area (Å²) < 4.78 is 10.2. The fraction of sp³-hybridized carbons (Fsp3) is 0.500. The first-order chi connectivity index (χ1) is 14.0. The van der Waals surface area contributed by atoms with Crippen LogP contribution in [0.4, 0.5) is 0 Å². The van der Waals surface area contributed by atoms with Gasteiger partial charge in [-0.25, -0.2) is 0 Å². The van der Waals surface area contributed by atoms with E-state index < -0.39 is 12.0 Å². The molecule has 1 fully saturated rings. The minimum Gasteiger partial charge on any atom is -0.463 e. The molecule has 29 heavy (non-hydrogen) atoms. The van der Waals surface area contributed by atoms with Crippen LogP contribution in [0.1, 0.15) is 25.3 Å². The lowest BCUT2D eigenvalue weighted by Gasteiger charge is -2.36. The molecule has 0 radical (unpaired) electrons. The number of nitrogens with one attached hydrogen (secondary N) is 2. The van der Waals surface area contributed by atoms with Crippen LogP contribution >= 0.6 is 12.2 Å². The molecule has 2 N–H and O–H groups in total. The zero-order chi connectivity index (χ0) is 21.1. The predicted octanol–water partition coefficient (Wildman–Crippen LogP) is 0.791. The second kappa shape index (κ2) is 12.1. The molecule has 158 valence electrons. The van der Waals surface area contributed by atoms with E-state index in [0.717, 1.165) is 5.56 Å². The van der Waals surface area contributed by atoms with E-state index in [2.05, 4.69) is 10.6 Å². The third-order valence-corrected chi connectivity index (χ3v) is 4.71. The van der Waals surface area contributed by atoms with E-state index in [1.807, 2.05) is 37.3 Å². The summed E-state index contributed by atoms with van der Waals surface area (Å²) in [5, 5.41) is 5.53. The maximum absolute atomic E-state index is 12.3. The summed E-state index contributed by atoms with van der Waals surface area (Å²) in [5.41, 5.74) is 1.05. The number of carbonyl (C=O) groups excluding carboxylic acids is 3. The fourth-order valence-corrected chi connectivity index (χ4v) is 3.22. The zero-order valence-electron chi connectivity index (χ0n) is 16.5. The van der Waals surface area contributed by atoms with Gasteiger partial charge in [0.1, 0.15) is 12.6 Å². The largest absolute Gasteiger partial charge is 0.463 e. The van der Waals surface area contributed by atoms with Gasteiger partial charge in [-0.2, -0.15) is 0 Å². The lowest BCUT2D eigenvalue weighted by Crippen LogP contribution is -2.60. The zero-order valence-corrected chi connectivity index (χ0v) is 17.3. The van der Waals surface area contributed by atoms with Crippen LogP contribution in [0.5, 0.6) is 0 Å². The number of rotatable bonds is 9. The summed E-state index contributed by atoms with van der Waals surface area (Å²) in [6, 6.07) is 8.85. The Balaban J connectivity index is 1.85. The molecule has 1 aliphatic rings. The topological polar surface area (TPSA) is 97.0 Å². The number of thiocarbonyl (C=S) groups is 1. The van der Waals surface area contributed by atoms with Crippen molar-refractivity contribution in [1.82, 2.24) is 15.5 Å². The van der Waals surface area contributed by atoms with Crippen LogP contribution < -0.4 is 10.6 Å². The van der Waals surface area contributed by atoms with Gasteiger partial charge in [0.15, 0.2) is 5.11 Å². The number of amides is 2. The Morgan fingerprint density at radius 1 is 1.28 bits per heavy atom. The van der Waals surface area contributed by atoms with E-state index in [9.17, 15) is 14.4 Å². The summed E-state index contributed by atoms with van der Waals surface area (Å²) in [7, 11) is 0. The molecule has 0 aliphatic carbocycles. The molecule has 1 aliphatic heterocycles. The van der Waals surface area contributed by atoms with Gasteiger partial charge in [-0.15, -0.1) is 0 Å². The molecule has 1 heterocycles. The Hall–Kier alpha value is -2.52. The van der Waals surface area contributed by atoms with Gasteiger partial charge in [0.25, 0.3) is 0 Å². The Kier molecular flexibility index (Phi) is 9.52. The quantitative estimate of drug-likeness (QED) is 0.346. The number of nitrogens with zero attached hydrogens (tertiary/aromatic N) is 1. The molecule has 0 bridgehead atoms. The van der Waals surface area contributed by atoms with E-state index in [4.69, 9.17) is 21.7 Å². The number of hydrogen-bond donors (Lipinski definition) is 2. The molecular weight excluding hydrogens is 394 g/mol. The third-order valence-electron chi connectivity index (χ3n) is 4.38. The highest BCUT2D eigenvalue weighted by molar-refractivity contribution is 7.80. The molecule has 0 spiro atoms. The number of aryl methyl sites for hydroxylation is 1. The molecule has 8 nitrogen and oxygen atoms in total. The van der Waals surface area contributed by atoms with Crippen LogP contribution in [0, 0.1) is 0 Å². The van der Waals surface area contributed by atoms with Crippen molar-refractivity contribution in [2.75, 3.05) is 32.9 Å². The molecule has 1 aromatic carbocycles. The van der Waals surface area contributed by atoms with Crippen molar-refractivity contribution in [1.29, 1.82) is 0 Å². The standard InChI is InChI=1S/C20H27N3O5S/c1-2-27-12-13-28-18(25)14-16-19(26)21-10-11-23(16)20(29)22-17(24)9-8-15-6-4-3-5-7-15/h3-7,16H,2,8-14H2,1H3,(H,21,26)(H,22,24,29). The Labute approximate surface area is 175 Å². The van der Waals surface area contributed by atoms with Crippen LogP contribution in [0.3, 0.4) is 0 Å². The molecule has 1 atom stereocenters. The number of carbonyl (C=O) groups is 3. The first-order valence-corrected chi connectivity index (χ1v) is 10.1. The normalized spacial score (nSPS) is 16.1. The second-order valence-corrected chi connectivity index (χ2v) is 6.85. The molecule has 1 unspecified atom stereocenters. The summed E-state index contributed by atoms with van der Waals surface area (Å²) >= 11 is 5.33. The fourth-order valence-electron chi connectivity index (χ4n) is 2.89. The van der Waals surface area contributed by atoms with Gasteiger partial charge in [-0.1, -0.05) is 30.3 Å². The van der Waals surface area contributed by atoms with Crippen LogP contribution in [0.25, 0.3) is 0 Å². The van der Waals surface area contributed by atoms with Crippen molar-refractivity contribution >= 4 is 35.1 Å². The van der Waals surface area contributed by atoms with E-state index in [1.165, 1.54) is 0 Å². The monoisotopic (exact) mass is 421 g/mol. The van der Waals surface area contributed by atoms with Crippen LogP contribution in [-0.2, 0) is 30.3 Å². The molecular formula is C20H27N3O5S. The SMILES string of the molecule is CCOCCOC(=O)CC1C(=O)NCCN1C(=S)NC(=O)CCc1ccccc1. The molecule has 2 amide bonds. The van der Waals surface area contributed by atoms with Crippen molar-refractivity contribution in [3.63, 3.8) is 0 Å². The van der Waals surface area contributed by atoms with Crippen molar-refractivity contribution < 1.29 is 23.9 Å². The molecule has 1 aromatic rings. The highest BCUT2D eigenvalue weighted by Gasteiger charge is 2.34. The van der Waals surface area contributed by atoms with Gasteiger partial charge in [-0.3, -0.25) is 14.4 Å². The second-order valence-electron chi connectivity index (χ2n) is 6.46. The van der Waals surface area contributed by atoms with Gasteiger partial charge in [0.05, 0.1) is 13.0 Å². The number of hydrogen-bond acceptors (Lipinski definition) is 6. The van der Waals surface area contributed by atoms with Gasteiger partial charge >= 0.3 is 5.97 Å². The van der Waals surface area contributed by atoms with Gasteiger partial charge in [0.2, 0.25) is 11.8 Å². The maximum atomic E-state index is 12.3. The third kappa shape index (κ3) is 7.78. The van der Waals surface area contributed by atoms with Gasteiger partial charge in [0, 0.05) is 26.1 Å². The first-order valence-electron chi connectivity index (χ1n) is 9.66. The smallest absolute Gasteiger partial charge is 0.308 e. The van der Waals surface area contributed by atoms with Crippen molar-refractivity contribution in [2.45, 2.75) is 32.2 Å². The maximum Gasteiger partial charge on any atom is 0.308 e. The molecule has 0 aromatic heterocycles. The molecule has 1 saturated heterocycles. The van der Waals surface area contributed by atoms with Crippen molar-refractivity contribution in [3.05, 3.63) is 35.9 Å². The van der Waals surface area contributed by atoms with Gasteiger partial charge in [-0.05, 0) is 31.1 Å². The van der Waals surface area contributed by atoms with E-state index in [-0.39, 0.29) is 36.4 Å². The Morgan fingerprint density at radius 2 is 2.03 bits per heavy atom. The lowest BCUT2D eigenvalue weighted by molar-refractivity contribution is -0.148. The molecule has 9 heteroatoms. The molecule has 2 rings (SSSR count). The predicted molar refractivity (Wildman–Crippen MR) is 111 cm³/mol. The summed E-state index contributed by atoms with van der Waals surface area (Å²) in [5.74, 6) is -1.07. The lowest BCUT2D eigenvalue weighted by atomic mass is 10.1. The van der Waals surface area contributed by atoms with Gasteiger partial charge < -0.3 is 25.0 Å². The van der Waals surface area contributed by atoms with Crippen LogP contribution in [-0.4, -0.2) is 66.7 Å². The Morgan fingerprint density at radius 3 is 2.76 bits per heavy atom. The van der Waals surface area contributed by atoms with Crippen molar-refractivity contribution in [2.24, 2.45) is 0 Å². The number of piperazine rings is 1. The van der Waals surface area contributed by atoms with E-state index in [0.29, 0.717) is 32.7 Å². The van der Waals surface area contributed by atoms with Crippen LogP contribution in [0.2, 0.25) is 0 Å². The average Bonchev–Trinajstić information content (AvgIpc) is 2.72. The first kappa shape index (κ1) is 22.8. The number of esters is 1. The Bertz CT molecular complexity index is 713. The minimum absolute atomic E-state index is 0.127. The molecule has 0 saturated carbocycles. The van der Waals surface area contributed by atoms with Crippen LogP contribution in [0.15, 0.2) is 30.3 Å².